The van der Waals surface area contributed by atoms with E-state index in [4.69, 9.17) is 10.00 Å². The lowest BCUT2D eigenvalue weighted by Gasteiger charge is -2.02. The Hall–Kier alpha value is -2.86. The van der Waals surface area contributed by atoms with Crippen LogP contribution in [0.2, 0.25) is 0 Å². The third-order valence-electron chi connectivity index (χ3n) is 2.93. The zero-order chi connectivity index (χ0) is 15.1. The van der Waals surface area contributed by atoms with Crippen LogP contribution >= 0.6 is 0 Å². The van der Waals surface area contributed by atoms with Crippen molar-refractivity contribution in [1.82, 2.24) is 0 Å². The molecule has 0 saturated heterocycles. The number of carbonyl (C=O) groups is 1. The van der Waals surface area contributed by atoms with Gasteiger partial charge in [0.1, 0.15) is 6.61 Å². The molecule has 0 fully saturated rings. The van der Waals surface area contributed by atoms with Crippen LogP contribution in [0, 0.1) is 18.3 Å². The van der Waals surface area contributed by atoms with Gasteiger partial charge in [-0.05, 0) is 36.3 Å². The van der Waals surface area contributed by atoms with Gasteiger partial charge in [-0.3, -0.25) is 0 Å². The van der Waals surface area contributed by atoms with E-state index in [1.807, 2.05) is 37.3 Å². The second-order valence-corrected chi connectivity index (χ2v) is 4.66. The van der Waals surface area contributed by atoms with Crippen molar-refractivity contribution >= 4 is 12.0 Å². The van der Waals surface area contributed by atoms with E-state index in [1.165, 1.54) is 11.6 Å². The maximum atomic E-state index is 11.6. The molecular weight excluding hydrogens is 262 g/mol. The molecule has 0 spiro atoms. The lowest BCUT2D eigenvalue weighted by molar-refractivity contribution is -0.138. The molecule has 0 aromatic heterocycles. The first-order valence-corrected chi connectivity index (χ1v) is 6.58. The minimum absolute atomic E-state index is 0.159. The summed E-state index contributed by atoms with van der Waals surface area (Å²) in [4.78, 5) is 11.6. The molecule has 0 radical (unpaired) electrons. The zero-order valence-corrected chi connectivity index (χ0v) is 11.7. The average Bonchev–Trinajstić information content (AvgIpc) is 2.52. The van der Waals surface area contributed by atoms with Gasteiger partial charge in [0.15, 0.2) is 0 Å². The Labute approximate surface area is 124 Å². The summed E-state index contributed by atoms with van der Waals surface area (Å²) in [6.07, 6.45) is 3.12. The van der Waals surface area contributed by atoms with E-state index in [0.717, 1.165) is 11.1 Å². The quantitative estimate of drug-likeness (QED) is 0.633. The van der Waals surface area contributed by atoms with Crippen molar-refractivity contribution in [3.8, 4) is 6.07 Å². The molecule has 0 atom stereocenters. The van der Waals surface area contributed by atoms with Crippen LogP contribution in [0.5, 0.6) is 0 Å². The molecule has 2 rings (SSSR count). The Morgan fingerprint density at radius 1 is 1.24 bits per heavy atom. The first-order chi connectivity index (χ1) is 10.2. The fourth-order valence-corrected chi connectivity index (χ4v) is 1.78. The molecule has 21 heavy (non-hydrogen) atoms. The maximum absolute atomic E-state index is 11.6. The van der Waals surface area contributed by atoms with Crippen LogP contribution in [0.1, 0.15) is 22.3 Å². The smallest absolute Gasteiger partial charge is 0.331 e. The number of nitrogens with zero attached hydrogens (tertiary/aromatic N) is 1. The molecule has 0 amide bonds. The highest BCUT2D eigenvalue weighted by molar-refractivity contribution is 5.87. The second-order valence-electron chi connectivity index (χ2n) is 4.66. The molecule has 0 heterocycles. The second kappa shape index (κ2) is 7.06. The molecule has 0 bridgehead atoms. The van der Waals surface area contributed by atoms with Crippen LogP contribution in [0.25, 0.3) is 6.08 Å². The summed E-state index contributed by atoms with van der Waals surface area (Å²) in [5, 5.41) is 8.80. The van der Waals surface area contributed by atoms with E-state index < -0.39 is 5.97 Å². The van der Waals surface area contributed by atoms with E-state index in [9.17, 15) is 4.79 Å². The van der Waals surface area contributed by atoms with Crippen LogP contribution in [0.4, 0.5) is 0 Å². The number of rotatable bonds is 4. The standard InChI is InChI=1S/C18H15NO2/c1-14-5-7-15(8-6-14)9-10-18(20)21-13-17-4-2-3-16(11-17)12-19/h2-11H,13H2,1H3/b10-9+. The normalized spacial score (nSPS) is 10.3. The van der Waals surface area contributed by atoms with Crippen molar-refractivity contribution in [1.29, 1.82) is 5.26 Å². The Morgan fingerprint density at radius 2 is 2.00 bits per heavy atom. The molecule has 0 aliphatic rings. The predicted molar refractivity (Wildman–Crippen MR) is 81.2 cm³/mol. The van der Waals surface area contributed by atoms with Crippen molar-refractivity contribution in [2.24, 2.45) is 0 Å². The van der Waals surface area contributed by atoms with Crippen LogP contribution in [0.15, 0.2) is 54.6 Å². The van der Waals surface area contributed by atoms with Crippen LogP contribution in [0.3, 0.4) is 0 Å². The predicted octanol–water partition coefficient (Wildman–Crippen LogP) is 3.62. The van der Waals surface area contributed by atoms with Gasteiger partial charge in [-0.15, -0.1) is 0 Å². The van der Waals surface area contributed by atoms with Gasteiger partial charge in [-0.2, -0.15) is 5.26 Å². The molecule has 3 heteroatoms. The number of hydrogen-bond donors (Lipinski definition) is 0. The van der Waals surface area contributed by atoms with Gasteiger partial charge in [-0.25, -0.2) is 4.79 Å². The first-order valence-electron chi connectivity index (χ1n) is 6.58. The van der Waals surface area contributed by atoms with Gasteiger partial charge in [0, 0.05) is 6.08 Å². The Kier molecular flexibility index (Phi) is 4.89. The van der Waals surface area contributed by atoms with E-state index >= 15 is 0 Å². The number of aryl methyl sites for hydroxylation is 1. The number of carbonyl (C=O) groups excluding carboxylic acids is 1. The topological polar surface area (TPSA) is 50.1 Å². The summed E-state index contributed by atoms with van der Waals surface area (Å²) in [7, 11) is 0. The fourth-order valence-electron chi connectivity index (χ4n) is 1.78. The van der Waals surface area contributed by atoms with Crippen molar-refractivity contribution in [2.45, 2.75) is 13.5 Å². The van der Waals surface area contributed by atoms with Crippen molar-refractivity contribution in [3.63, 3.8) is 0 Å². The summed E-state index contributed by atoms with van der Waals surface area (Å²) in [5.74, 6) is -0.405. The molecule has 104 valence electrons. The zero-order valence-electron chi connectivity index (χ0n) is 11.7. The molecule has 0 N–H and O–H groups in total. The highest BCUT2D eigenvalue weighted by atomic mass is 16.5. The summed E-state index contributed by atoms with van der Waals surface area (Å²) in [6, 6.07) is 16.9. The third-order valence-corrected chi connectivity index (χ3v) is 2.93. The van der Waals surface area contributed by atoms with Gasteiger partial charge in [0.05, 0.1) is 11.6 Å². The van der Waals surface area contributed by atoms with Crippen LogP contribution < -0.4 is 0 Å². The highest BCUT2D eigenvalue weighted by Gasteiger charge is 2.00. The highest BCUT2D eigenvalue weighted by Crippen LogP contribution is 2.07. The maximum Gasteiger partial charge on any atom is 0.331 e. The largest absolute Gasteiger partial charge is 0.458 e. The number of ether oxygens (including phenoxy) is 1. The molecular formula is C18H15NO2. The Bertz CT molecular complexity index is 694. The third kappa shape index (κ3) is 4.63. The lowest BCUT2D eigenvalue weighted by atomic mass is 10.1. The summed E-state index contributed by atoms with van der Waals surface area (Å²) >= 11 is 0. The van der Waals surface area contributed by atoms with E-state index in [0.29, 0.717) is 5.56 Å². The van der Waals surface area contributed by atoms with Gasteiger partial charge in [-0.1, -0.05) is 42.0 Å². The fraction of sp³-hybridized carbons (Fsp3) is 0.111. The van der Waals surface area contributed by atoms with Crippen molar-refractivity contribution in [3.05, 3.63) is 76.9 Å². The first kappa shape index (κ1) is 14.5. The number of nitriles is 1. The van der Waals surface area contributed by atoms with E-state index in [1.54, 1.807) is 24.3 Å². The minimum atomic E-state index is -0.405. The van der Waals surface area contributed by atoms with E-state index in [2.05, 4.69) is 6.07 Å². The number of benzene rings is 2. The summed E-state index contributed by atoms with van der Waals surface area (Å²) < 4.78 is 5.14. The molecule has 3 nitrogen and oxygen atoms in total. The monoisotopic (exact) mass is 277 g/mol. The molecule has 2 aromatic carbocycles. The average molecular weight is 277 g/mol. The summed E-state index contributed by atoms with van der Waals surface area (Å²) in [6.45, 7) is 2.17. The van der Waals surface area contributed by atoms with Crippen LogP contribution in [-0.4, -0.2) is 5.97 Å². The molecule has 0 saturated carbocycles. The van der Waals surface area contributed by atoms with Gasteiger partial charge < -0.3 is 4.74 Å². The Balaban J connectivity index is 1.90. The molecule has 0 unspecified atom stereocenters. The molecule has 0 aliphatic carbocycles. The molecule has 0 aliphatic heterocycles. The van der Waals surface area contributed by atoms with Gasteiger partial charge >= 0.3 is 5.97 Å². The Morgan fingerprint density at radius 3 is 2.71 bits per heavy atom. The number of esters is 1. The van der Waals surface area contributed by atoms with E-state index in [-0.39, 0.29) is 6.61 Å². The minimum Gasteiger partial charge on any atom is -0.458 e. The van der Waals surface area contributed by atoms with Crippen molar-refractivity contribution in [2.75, 3.05) is 0 Å². The van der Waals surface area contributed by atoms with Gasteiger partial charge in [0.2, 0.25) is 0 Å². The SMILES string of the molecule is Cc1ccc(/C=C/C(=O)OCc2cccc(C#N)c2)cc1. The molecule has 2 aromatic rings. The number of hydrogen-bond acceptors (Lipinski definition) is 3. The van der Waals surface area contributed by atoms with Crippen molar-refractivity contribution < 1.29 is 9.53 Å². The lowest BCUT2D eigenvalue weighted by Crippen LogP contribution is -2.00. The summed E-state index contributed by atoms with van der Waals surface area (Å²) in [5.41, 5.74) is 3.47. The van der Waals surface area contributed by atoms with Crippen LogP contribution in [-0.2, 0) is 16.1 Å². The van der Waals surface area contributed by atoms with Gasteiger partial charge in [0.25, 0.3) is 0 Å².